The van der Waals surface area contributed by atoms with Gasteiger partial charge in [0, 0.05) is 12.3 Å². The molecular weight excluding hydrogens is 186 g/mol. The van der Waals surface area contributed by atoms with Crippen LogP contribution >= 0.6 is 0 Å². The van der Waals surface area contributed by atoms with E-state index in [0.29, 0.717) is 6.54 Å². The highest BCUT2D eigenvalue weighted by Crippen LogP contribution is 2.08. The van der Waals surface area contributed by atoms with E-state index in [1.807, 2.05) is 0 Å². The van der Waals surface area contributed by atoms with Gasteiger partial charge in [-0.2, -0.15) is 5.10 Å². The number of nitrogens with zero attached hydrogens (tertiary/aromatic N) is 2. The van der Waals surface area contributed by atoms with Crippen LogP contribution < -0.4 is 5.32 Å². The molecule has 0 saturated heterocycles. The largest absolute Gasteiger partial charge is 0.465 e. The molecule has 0 aliphatic carbocycles. The van der Waals surface area contributed by atoms with Gasteiger partial charge in [-0.3, -0.25) is 10.00 Å². The van der Waals surface area contributed by atoms with Crippen LogP contribution in [0, 0.1) is 0 Å². The molecule has 0 unspecified atom stereocenters. The second-order valence-corrected chi connectivity index (χ2v) is 3.64. The van der Waals surface area contributed by atoms with Crippen LogP contribution in [0.1, 0.15) is 13.8 Å². The minimum atomic E-state index is -1.15. The molecule has 6 heteroatoms. The zero-order chi connectivity index (χ0) is 10.8. The standard InChI is InChI=1S/C8H13N3O3/c1-8(2,14)5-11-4-3-6(10-11)9-7(12)13/h3-4,14H,5H2,1-2H3,(H,9,10)(H,12,13). The molecule has 1 aromatic rings. The molecule has 0 aliphatic rings. The summed E-state index contributed by atoms with van der Waals surface area (Å²) in [6, 6.07) is 1.53. The van der Waals surface area contributed by atoms with Crippen LogP contribution in [0.5, 0.6) is 0 Å². The van der Waals surface area contributed by atoms with Gasteiger partial charge in [-0.25, -0.2) is 4.79 Å². The van der Waals surface area contributed by atoms with Gasteiger partial charge in [0.1, 0.15) is 0 Å². The third-order valence-corrected chi connectivity index (χ3v) is 1.42. The Bertz CT molecular complexity index is 327. The molecule has 0 atom stereocenters. The number of aliphatic hydroxyl groups is 1. The molecule has 6 nitrogen and oxygen atoms in total. The van der Waals surface area contributed by atoms with Crippen molar-refractivity contribution in [2.45, 2.75) is 26.0 Å². The predicted molar refractivity (Wildman–Crippen MR) is 50.2 cm³/mol. The molecule has 14 heavy (non-hydrogen) atoms. The van der Waals surface area contributed by atoms with E-state index in [1.165, 1.54) is 10.7 Å². The fourth-order valence-electron chi connectivity index (χ4n) is 1.02. The van der Waals surface area contributed by atoms with Crippen molar-refractivity contribution >= 4 is 11.9 Å². The van der Waals surface area contributed by atoms with Crippen molar-refractivity contribution in [1.29, 1.82) is 0 Å². The number of carbonyl (C=O) groups is 1. The number of hydrogen-bond donors (Lipinski definition) is 3. The van der Waals surface area contributed by atoms with Gasteiger partial charge in [0.05, 0.1) is 12.1 Å². The maximum atomic E-state index is 10.3. The van der Waals surface area contributed by atoms with E-state index in [-0.39, 0.29) is 5.82 Å². The molecule has 1 amide bonds. The quantitative estimate of drug-likeness (QED) is 0.670. The van der Waals surface area contributed by atoms with E-state index in [2.05, 4.69) is 10.4 Å². The zero-order valence-electron chi connectivity index (χ0n) is 8.06. The molecule has 0 fully saturated rings. The lowest BCUT2D eigenvalue weighted by atomic mass is 10.1. The Labute approximate surface area is 81.2 Å². The number of aromatic nitrogens is 2. The summed E-state index contributed by atoms with van der Waals surface area (Å²) in [6.07, 6.45) is 0.446. The van der Waals surface area contributed by atoms with Gasteiger partial charge in [-0.05, 0) is 13.8 Å². The number of nitrogens with one attached hydrogen (secondary N) is 1. The Morgan fingerprint density at radius 1 is 1.71 bits per heavy atom. The predicted octanol–water partition coefficient (Wildman–Crippen LogP) is 0.744. The molecule has 1 heterocycles. The number of hydrogen-bond acceptors (Lipinski definition) is 3. The molecule has 0 saturated carbocycles. The normalized spacial score (nSPS) is 11.4. The number of carboxylic acid groups (broad SMARTS) is 1. The Morgan fingerprint density at radius 2 is 2.36 bits per heavy atom. The fraction of sp³-hybridized carbons (Fsp3) is 0.500. The molecule has 0 spiro atoms. The van der Waals surface area contributed by atoms with Crippen molar-refractivity contribution in [3.8, 4) is 0 Å². The average molecular weight is 199 g/mol. The third-order valence-electron chi connectivity index (χ3n) is 1.42. The van der Waals surface area contributed by atoms with Crippen molar-refractivity contribution in [2.75, 3.05) is 5.32 Å². The summed E-state index contributed by atoms with van der Waals surface area (Å²) in [4.78, 5) is 10.3. The first kappa shape index (κ1) is 10.5. The summed E-state index contributed by atoms with van der Waals surface area (Å²) < 4.78 is 1.48. The van der Waals surface area contributed by atoms with Crippen molar-refractivity contribution < 1.29 is 15.0 Å². The van der Waals surface area contributed by atoms with Crippen LogP contribution in [0.25, 0.3) is 0 Å². The highest BCUT2D eigenvalue weighted by molar-refractivity contribution is 5.81. The van der Waals surface area contributed by atoms with Crippen LogP contribution in [0.4, 0.5) is 10.6 Å². The van der Waals surface area contributed by atoms with Gasteiger partial charge in [0.15, 0.2) is 5.82 Å². The molecule has 3 N–H and O–H groups in total. The summed E-state index contributed by atoms with van der Waals surface area (Å²) >= 11 is 0. The summed E-state index contributed by atoms with van der Waals surface area (Å²) in [5.41, 5.74) is -0.869. The number of anilines is 1. The highest BCUT2D eigenvalue weighted by atomic mass is 16.4. The topological polar surface area (TPSA) is 87.4 Å². The van der Waals surface area contributed by atoms with Crippen LogP contribution in [0.15, 0.2) is 12.3 Å². The van der Waals surface area contributed by atoms with E-state index in [4.69, 9.17) is 5.11 Å². The fourth-order valence-corrected chi connectivity index (χ4v) is 1.02. The number of amides is 1. The molecule has 1 rings (SSSR count). The van der Waals surface area contributed by atoms with Crippen LogP contribution in [0.3, 0.4) is 0 Å². The molecule has 0 aromatic carbocycles. The molecular formula is C8H13N3O3. The van der Waals surface area contributed by atoms with Crippen molar-refractivity contribution in [2.24, 2.45) is 0 Å². The summed E-state index contributed by atoms with van der Waals surface area (Å²) in [5, 5.41) is 23.9. The maximum Gasteiger partial charge on any atom is 0.410 e. The molecule has 1 aromatic heterocycles. The minimum Gasteiger partial charge on any atom is -0.465 e. The van der Waals surface area contributed by atoms with Gasteiger partial charge in [0.2, 0.25) is 0 Å². The van der Waals surface area contributed by atoms with Crippen molar-refractivity contribution in [1.82, 2.24) is 9.78 Å². The Balaban J connectivity index is 2.64. The van der Waals surface area contributed by atoms with E-state index >= 15 is 0 Å². The smallest absolute Gasteiger partial charge is 0.410 e. The Kier molecular flexibility index (Phi) is 2.76. The van der Waals surface area contributed by atoms with Crippen molar-refractivity contribution in [3.63, 3.8) is 0 Å². The van der Waals surface area contributed by atoms with E-state index < -0.39 is 11.7 Å². The van der Waals surface area contributed by atoms with E-state index in [9.17, 15) is 9.90 Å². The molecule has 78 valence electrons. The summed E-state index contributed by atoms with van der Waals surface area (Å²) in [7, 11) is 0. The first-order valence-electron chi connectivity index (χ1n) is 4.12. The zero-order valence-corrected chi connectivity index (χ0v) is 8.06. The van der Waals surface area contributed by atoms with Gasteiger partial charge < -0.3 is 10.2 Å². The van der Waals surface area contributed by atoms with Crippen LogP contribution in [-0.2, 0) is 6.54 Å². The van der Waals surface area contributed by atoms with Gasteiger partial charge in [0.25, 0.3) is 0 Å². The number of rotatable bonds is 3. The van der Waals surface area contributed by atoms with Gasteiger partial charge >= 0.3 is 6.09 Å². The van der Waals surface area contributed by atoms with Gasteiger partial charge in [-0.1, -0.05) is 0 Å². The maximum absolute atomic E-state index is 10.3. The third kappa shape index (κ3) is 3.44. The van der Waals surface area contributed by atoms with Crippen LogP contribution in [-0.4, -0.2) is 31.7 Å². The van der Waals surface area contributed by atoms with Gasteiger partial charge in [-0.15, -0.1) is 0 Å². The Hall–Kier alpha value is -1.56. The Morgan fingerprint density at radius 3 is 2.86 bits per heavy atom. The lowest BCUT2D eigenvalue weighted by molar-refractivity contribution is 0.0578. The lowest BCUT2D eigenvalue weighted by Gasteiger charge is -2.16. The molecule has 0 aliphatic heterocycles. The summed E-state index contributed by atoms with van der Waals surface area (Å²) in [5.74, 6) is 0.252. The SMILES string of the molecule is CC(C)(O)Cn1ccc(NC(=O)O)n1. The van der Waals surface area contributed by atoms with E-state index in [0.717, 1.165) is 0 Å². The monoisotopic (exact) mass is 199 g/mol. The average Bonchev–Trinajstić information content (AvgIpc) is 2.30. The lowest BCUT2D eigenvalue weighted by Crippen LogP contribution is -2.26. The molecule has 0 radical (unpaired) electrons. The van der Waals surface area contributed by atoms with Crippen LogP contribution in [0.2, 0.25) is 0 Å². The van der Waals surface area contributed by atoms with Crippen molar-refractivity contribution in [3.05, 3.63) is 12.3 Å². The van der Waals surface area contributed by atoms with E-state index in [1.54, 1.807) is 20.0 Å². The second kappa shape index (κ2) is 3.67. The molecule has 0 bridgehead atoms. The second-order valence-electron chi connectivity index (χ2n) is 3.64. The minimum absolute atomic E-state index is 0.252. The highest BCUT2D eigenvalue weighted by Gasteiger charge is 2.14. The first-order valence-corrected chi connectivity index (χ1v) is 4.12. The first-order chi connectivity index (χ1) is 6.37. The summed E-state index contributed by atoms with van der Waals surface area (Å²) in [6.45, 7) is 3.62.